The maximum absolute atomic E-state index is 13.4. The molecule has 5 heteroatoms. The quantitative estimate of drug-likeness (QED) is 0.856. The second-order valence-electron chi connectivity index (χ2n) is 6.73. The standard InChI is InChI=1S/C20H24FNO2S/c1-3-20(17-9-8-15-6-4-5-7-16(15)13-17)22-25(23,24)18-10-11-19(21)14(2)12-18/h8-13,20,22H,3-7H2,1-2H3. The van der Waals surface area contributed by atoms with E-state index in [4.69, 9.17) is 0 Å². The minimum Gasteiger partial charge on any atom is -0.207 e. The van der Waals surface area contributed by atoms with Gasteiger partial charge in [0.25, 0.3) is 0 Å². The Bertz CT molecular complexity index is 877. The van der Waals surface area contributed by atoms with Crippen LogP contribution in [0.3, 0.4) is 0 Å². The van der Waals surface area contributed by atoms with Gasteiger partial charge in [-0.25, -0.2) is 17.5 Å². The number of aryl methyl sites for hydroxylation is 3. The van der Waals surface area contributed by atoms with Crippen molar-refractivity contribution in [2.75, 3.05) is 0 Å². The van der Waals surface area contributed by atoms with Crippen molar-refractivity contribution in [3.05, 3.63) is 64.5 Å². The molecule has 1 unspecified atom stereocenters. The first-order chi connectivity index (χ1) is 11.9. The first-order valence-corrected chi connectivity index (χ1v) is 10.3. The van der Waals surface area contributed by atoms with Crippen LogP contribution in [0.5, 0.6) is 0 Å². The average Bonchev–Trinajstić information content (AvgIpc) is 2.61. The molecule has 2 aromatic carbocycles. The molecule has 3 nitrogen and oxygen atoms in total. The summed E-state index contributed by atoms with van der Waals surface area (Å²) in [6, 6.07) is 9.88. The van der Waals surface area contributed by atoms with E-state index in [1.807, 2.05) is 13.0 Å². The summed E-state index contributed by atoms with van der Waals surface area (Å²) in [5.74, 6) is -0.402. The van der Waals surface area contributed by atoms with Crippen LogP contribution in [0.2, 0.25) is 0 Å². The van der Waals surface area contributed by atoms with E-state index in [2.05, 4.69) is 16.9 Å². The molecular weight excluding hydrogens is 337 g/mol. The minimum absolute atomic E-state index is 0.0998. The van der Waals surface area contributed by atoms with E-state index in [1.54, 1.807) is 6.92 Å². The molecule has 1 aliphatic rings. The lowest BCUT2D eigenvalue weighted by Gasteiger charge is -2.22. The fourth-order valence-electron chi connectivity index (χ4n) is 3.40. The van der Waals surface area contributed by atoms with Crippen molar-refractivity contribution < 1.29 is 12.8 Å². The lowest BCUT2D eigenvalue weighted by molar-refractivity contribution is 0.548. The summed E-state index contributed by atoms with van der Waals surface area (Å²) in [7, 11) is -3.70. The zero-order chi connectivity index (χ0) is 18.0. The lowest BCUT2D eigenvalue weighted by Crippen LogP contribution is -2.28. The molecule has 0 fully saturated rings. The molecule has 0 bridgehead atoms. The first kappa shape index (κ1) is 18.1. The molecule has 134 valence electrons. The Morgan fingerprint density at radius 2 is 1.80 bits per heavy atom. The van der Waals surface area contributed by atoms with E-state index in [0.717, 1.165) is 18.4 Å². The zero-order valence-electron chi connectivity index (χ0n) is 14.7. The topological polar surface area (TPSA) is 46.2 Å². The highest BCUT2D eigenvalue weighted by atomic mass is 32.2. The maximum atomic E-state index is 13.4. The highest BCUT2D eigenvalue weighted by Crippen LogP contribution is 2.27. The number of benzene rings is 2. The average molecular weight is 361 g/mol. The molecule has 2 aromatic rings. The molecule has 0 aromatic heterocycles. The number of fused-ring (bicyclic) bond motifs is 1. The fraction of sp³-hybridized carbons (Fsp3) is 0.400. The largest absolute Gasteiger partial charge is 0.241 e. The van der Waals surface area contributed by atoms with E-state index in [9.17, 15) is 12.8 Å². The lowest BCUT2D eigenvalue weighted by atomic mass is 9.89. The predicted molar refractivity (Wildman–Crippen MR) is 97.6 cm³/mol. The molecule has 1 aliphatic carbocycles. The van der Waals surface area contributed by atoms with Crippen molar-refractivity contribution >= 4 is 10.0 Å². The van der Waals surface area contributed by atoms with Crippen LogP contribution in [0, 0.1) is 12.7 Å². The van der Waals surface area contributed by atoms with Crippen molar-refractivity contribution in [2.45, 2.75) is 56.9 Å². The van der Waals surface area contributed by atoms with Gasteiger partial charge in [0.05, 0.1) is 4.90 Å². The van der Waals surface area contributed by atoms with Gasteiger partial charge in [-0.1, -0.05) is 25.1 Å². The van der Waals surface area contributed by atoms with Gasteiger partial charge in [-0.15, -0.1) is 0 Å². The number of halogens is 1. The SMILES string of the molecule is CCC(NS(=O)(=O)c1ccc(F)c(C)c1)c1ccc2c(c1)CCCC2. The van der Waals surface area contributed by atoms with Crippen LogP contribution >= 0.6 is 0 Å². The van der Waals surface area contributed by atoms with Crippen molar-refractivity contribution in [2.24, 2.45) is 0 Å². The molecule has 1 N–H and O–H groups in total. The molecular formula is C20H24FNO2S. The smallest absolute Gasteiger partial charge is 0.207 e. The highest BCUT2D eigenvalue weighted by molar-refractivity contribution is 7.89. The van der Waals surface area contributed by atoms with E-state index < -0.39 is 15.8 Å². The monoisotopic (exact) mass is 361 g/mol. The summed E-state index contributed by atoms with van der Waals surface area (Å²) in [5.41, 5.74) is 4.02. The van der Waals surface area contributed by atoms with Crippen LogP contribution in [0.15, 0.2) is 41.3 Å². The van der Waals surface area contributed by atoms with Gasteiger partial charge in [0, 0.05) is 6.04 Å². The summed E-state index contributed by atoms with van der Waals surface area (Å²) < 4.78 is 41.6. The second kappa shape index (κ2) is 7.26. The normalized spacial score (nSPS) is 15.6. The Morgan fingerprint density at radius 3 is 2.48 bits per heavy atom. The first-order valence-electron chi connectivity index (χ1n) is 8.81. The molecule has 1 atom stereocenters. The van der Waals surface area contributed by atoms with E-state index in [-0.39, 0.29) is 10.9 Å². The summed E-state index contributed by atoms with van der Waals surface area (Å²) in [5, 5.41) is 0. The fourth-order valence-corrected chi connectivity index (χ4v) is 4.79. The van der Waals surface area contributed by atoms with E-state index >= 15 is 0 Å². The molecule has 0 spiro atoms. The maximum Gasteiger partial charge on any atom is 0.241 e. The van der Waals surface area contributed by atoms with Crippen LogP contribution in [-0.4, -0.2) is 8.42 Å². The summed E-state index contributed by atoms with van der Waals surface area (Å²) in [4.78, 5) is 0.0998. The van der Waals surface area contributed by atoms with E-state index in [0.29, 0.717) is 12.0 Å². The molecule has 0 saturated carbocycles. The Labute approximate surface area is 149 Å². The van der Waals surface area contributed by atoms with Gasteiger partial charge in [-0.05, 0) is 79.5 Å². The Balaban J connectivity index is 1.87. The number of hydrogen-bond donors (Lipinski definition) is 1. The van der Waals surface area contributed by atoms with Gasteiger partial charge in [0.15, 0.2) is 0 Å². The Hall–Kier alpha value is -1.72. The number of rotatable bonds is 5. The van der Waals surface area contributed by atoms with Gasteiger partial charge >= 0.3 is 0 Å². The molecule has 0 amide bonds. The summed E-state index contributed by atoms with van der Waals surface area (Å²) >= 11 is 0. The third-order valence-corrected chi connectivity index (χ3v) is 6.39. The van der Waals surface area contributed by atoms with Crippen molar-refractivity contribution in [1.82, 2.24) is 4.72 Å². The van der Waals surface area contributed by atoms with Crippen LogP contribution in [0.25, 0.3) is 0 Å². The van der Waals surface area contributed by atoms with Gasteiger partial charge in [-0.3, -0.25) is 0 Å². The van der Waals surface area contributed by atoms with Gasteiger partial charge < -0.3 is 0 Å². The van der Waals surface area contributed by atoms with Gasteiger partial charge in [0.1, 0.15) is 5.82 Å². The van der Waals surface area contributed by atoms with Crippen LogP contribution in [0.1, 0.15) is 54.5 Å². The second-order valence-corrected chi connectivity index (χ2v) is 8.44. The number of hydrogen-bond acceptors (Lipinski definition) is 2. The number of nitrogens with one attached hydrogen (secondary N) is 1. The van der Waals surface area contributed by atoms with Crippen LogP contribution in [-0.2, 0) is 22.9 Å². The van der Waals surface area contributed by atoms with Crippen molar-refractivity contribution in [3.8, 4) is 0 Å². The van der Waals surface area contributed by atoms with Crippen LogP contribution < -0.4 is 4.72 Å². The van der Waals surface area contributed by atoms with Crippen molar-refractivity contribution in [1.29, 1.82) is 0 Å². The Morgan fingerprint density at radius 1 is 1.08 bits per heavy atom. The van der Waals surface area contributed by atoms with E-state index in [1.165, 1.54) is 42.2 Å². The molecule has 0 heterocycles. The Kier molecular flexibility index (Phi) is 5.25. The van der Waals surface area contributed by atoms with Crippen LogP contribution in [0.4, 0.5) is 4.39 Å². The molecule has 25 heavy (non-hydrogen) atoms. The number of sulfonamides is 1. The molecule has 0 radical (unpaired) electrons. The third kappa shape index (κ3) is 3.93. The predicted octanol–water partition coefficient (Wildman–Crippen LogP) is 4.44. The molecule has 0 aliphatic heterocycles. The van der Waals surface area contributed by atoms with Crippen molar-refractivity contribution in [3.63, 3.8) is 0 Å². The minimum atomic E-state index is -3.70. The highest BCUT2D eigenvalue weighted by Gasteiger charge is 2.22. The third-order valence-electron chi connectivity index (χ3n) is 4.92. The summed E-state index contributed by atoms with van der Waals surface area (Å²) in [6.07, 6.45) is 5.22. The van der Waals surface area contributed by atoms with Gasteiger partial charge in [-0.2, -0.15) is 0 Å². The molecule has 0 saturated heterocycles. The van der Waals surface area contributed by atoms with Gasteiger partial charge in [0.2, 0.25) is 10.0 Å². The zero-order valence-corrected chi connectivity index (χ0v) is 15.5. The molecule has 3 rings (SSSR count). The summed E-state index contributed by atoms with van der Waals surface area (Å²) in [6.45, 7) is 3.53.